The number of aryl methyl sites for hydroxylation is 1. The van der Waals surface area contributed by atoms with Gasteiger partial charge in [0.1, 0.15) is 11.8 Å². The molecule has 2 rings (SSSR count). The second-order valence-electron chi connectivity index (χ2n) is 4.73. The fourth-order valence-electron chi connectivity index (χ4n) is 2.34. The van der Waals surface area contributed by atoms with Crippen LogP contribution in [-0.2, 0) is 4.79 Å². The largest absolute Gasteiger partial charge is 0.507 e. The fraction of sp³-hybridized carbons (Fsp3) is 0.429. The standard InChI is InChI=1S/C14H18N2O3/c1-3-11-13(18)15-6-7-16(11)14(19)10-5-4-9(2)8-12(10)17/h4-5,8,11,17H,3,6-7H2,1-2H3,(H,15,18). The van der Waals surface area contributed by atoms with Gasteiger partial charge in [0.15, 0.2) is 0 Å². The van der Waals surface area contributed by atoms with Crippen LogP contribution in [0.2, 0.25) is 0 Å². The van der Waals surface area contributed by atoms with Gasteiger partial charge in [-0.2, -0.15) is 0 Å². The highest BCUT2D eigenvalue weighted by atomic mass is 16.3. The van der Waals surface area contributed by atoms with E-state index in [4.69, 9.17) is 0 Å². The molecule has 2 amide bonds. The van der Waals surface area contributed by atoms with Crippen molar-refractivity contribution in [2.75, 3.05) is 13.1 Å². The zero-order chi connectivity index (χ0) is 14.0. The van der Waals surface area contributed by atoms with Gasteiger partial charge < -0.3 is 15.3 Å². The first-order chi connectivity index (χ1) is 9.04. The van der Waals surface area contributed by atoms with Crippen molar-refractivity contribution in [3.63, 3.8) is 0 Å². The molecule has 1 saturated heterocycles. The number of phenols is 1. The van der Waals surface area contributed by atoms with Gasteiger partial charge in [0.05, 0.1) is 5.56 Å². The van der Waals surface area contributed by atoms with E-state index in [2.05, 4.69) is 5.32 Å². The summed E-state index contributed by atoms with van der Waals surface area (Å²) >= 11 is 0. The Hall–Kier alpha value is -2.04. The van der Waals surface area contributed by atoms with Crippen LogP contribution in [0, 0.1) is 6.92 Å². The summed E-state index contributed by atoms with van der Waals surface area (Å²) < 4.78 is 0. The molecule has 5 nitrogen and oxygen atoms in total. The monoisotopic (exact) mass is 262 g/mol. The number of carbonyl (C=O) groups excluding carboxylic acids is 2. The molecule has 0 aliphatic carbocycles. The van der Waals surface area contributed by atoms with Gasteiger partial charge in [-0.15, -0.1) is 0 Å². The van der Waals surface area contributed by atoms with Crippen LogP contribution in [0.4, 0.5) is 0 Å². The van der Waals surface area contributed by atoms with E-state index in [0.717, 1.165) is 5.56 Å². The van der Waals surface area contributed by atoms with Gasteiger partial charge in [-0.3, -0.25) is 9.59 Å². The first-order valence-electron chi connectivity index (χ1n) is 6.43. The van der Waals surface area contributed by atoms with Gasteiger partial charge in [0, 0.05) is 13.1 Å². The predicted octanol–water partition coefficient (Wildman–Crippen LogP) is 1.05. The van der Waals surface area contributed by atoms with Crippen molar-refractivity contribution in [3.05, 3.63) is 29.3 Å². The van der Waals surface area contributed by atoms with Crippen molar-refractivity contribution in [1.82, 2.24) is 10.2 Å². The number of piperazine rings is 1. The van der Waals surface area contributed by atoms with E-state index in [1.54, 1.807) is 18.2 Å². The van der Waals surface area contributed by atoms with Crippen LogP contribution in [0.5, 0.6) is 5.75 Å². The lowest BCUT2D eigenvalue weighted by molar-refractivity contribution is -0.127. The highest BCUT2D eigenvalue weighted by Crippen LogP contribution is 2.22. The third kappa shape index (κ3) is 2.54. The number of nitrogens with zero attached hydrogens (tertiary/aromatic N) is 1. The Balaban J connectivity index is 2.29. The fourth-order valence-corrected chi connectivity index (χ4v) is 2.34. The van der Waals surface area contributed by atoms with E-state index < -0.39 is 6.04 Å². The third-order valence-electron chi connectivity index (χ3n) is 3.36. The lowest BCUT2D eigenvalue weighted by atomic mass is 10.1. The molecule has 2 N–H and O–H groups in total. The number of nitrogens with one attached hydrogen (secondary N) is 1. The minimum atomic E-state index is -0.457. The summed E-state index contributed by atoms with van der Waals surface area (Å²) in [6, 6.07) is 4.48. The number of phenolic OH excluding ortho intramolecular Hbond substituents is 1. The number of rotatable bonds is 2. The van der Waals surface area contributed by atoms with Crippen LogP contribution in [0.3, 0.4) is 0 Å². The van der Waals surface area contributed by atoms with Gasteiger partial charge in [-0.05, 0) is 31.0 Å². The van der Waals surface area contributed by atoms with E-state index in [-0.39, 0.29) is 23.1 Å². The molecule has 19 heavy (non-hydrogen) atoms. The first-order valence-corrected chi connectivity index (χ1v) is 6.43. The maximum absolute atomic E-state index is 12.4. The van der Waals surface area contributed by atoms with Crippen LogP contribution in [0.15, 0.2) is 18.2 Å². The molecule has 0 saturated carbocycles. The Labute approximate surface area is 112 Å². The summed E-state index contributed by atoms with van der Waals surface area (Å²) in [5.74, 6) is -0.460. The highest BCUT2D eigenvalue weighted by molar-refractivity contribution is 6.00. The summed E-state index contributed by atoms with van der Waals surface area (Å²) in [7, 11) is 0. The Kier molecular flexibility index (Phi) is 3.74. The third-order valence-corrected chi connectivity index (χ3v) is 3.36. The van der Waals surface area contributed by atoms with E-state index in [1.165, 1.54) is 4.90 Å². The van der Waals surface area contributed by atoms with Crippen LogP contribution in [0.25, 0.3) is 0 Å². The van der Waals surface area contributed by atoms with E-state index >= 15 is 0 Å². The lowest BCUT2D eigenvalue weighted by Gasteiger charge is -2.34. The van der Waals surface area contributed by atoms with Crippen molar-refractivity contribution in [3.8, 4) is 5.75 Å². The molecular formula is C14H18N2O3. The molecule has 1 aliphatic heterocycles. The average molecular weight is 262 g/mol. The molecule has 1 unspecified atom stereocenters. The predicted molar refractivity (Wildman–Crippen MR) is 71.0 cm³/mol. The molecule has 1 aliphatic rings. The summed E-state index contributed by atoms with van der Waals surface area (Å²) in [5.41, 5.74) is 1.14. The smallest absolute Gasteiger partial charge is 0.258 e. The van der Waals surface area contributed by atoms with Gasteiger partial charge >= 0.3 is 0 Å². The number of aromatic hydroxyl groups is 1. The summed E-state index contributed by atoms with van der Waals surface area (Å²) in [5, 5.41) is 12.6. The molecule has 1 atom stereocenters. The zero-order valence-corrected chi connectivity index (χ0v) is 11.1. The normalized spacial score (nSPS) is 19.2. The van der Waals surface area contributed by atoms with Crippen LogP contribution < -0.4 is 5.32 Å². The molecular weight excluding hydrogens is 244 g/mol. The van der Waals surface area contributed by atoms with Crippen molar-refractivity contribution < 1.29 is 14.7 Å². The average Bonchev–Trinajstić information content (AvgIpc) is 2.37. The number of amides is 2. The van der Waals surface area contributed by atoms with Crippen molar-refractivity contribution in [2.24, 2.45) is 0 Å². The van der Waals surface area contributed by atoms with Crippen LogP contribution >= 0.6 is 0 Å². The first kappa shape index (κ1) is 13.4. The maximum Gasteiger partial charge on any atom is 0.258 e. The molecule has 1 aromatic rings. The molecule has 0 aromatic heterocycles. The van der Waals surface area contributed by atoms with Crippen LogP contribution in [-0.4, -0.2) is 41.0 Å². The zero-order valence-electron chi connectivity index (χ0n) is 11.1. The molecule has 0 bridgehead atoms. The Morgan fingerprint density at radius 1 is 1.53 bits per heavy atom. The minimum absolute atomic E-state index is 0.0363. The summed E-state index contributed by atoms with van der Waals surface area (Å²) in [6.07, 6.45) is 0.560. The van der Waals surface area contributed by atoms with Crippen molar-refractivity contribution >= 4 is 11.8 Å². The molecule has 0 radical (unpaired) electrons. The van der Waals surface area contributed by atoms with Gasteiger partial charge in [0.25, 0.3) is 5.91 Å². The Morgan fingerprint density at radius 3 is 2.89 bits per heavy atom. The van der Waals surface area contributed by atoms with E-state index in [1.807, 2.05) is 13.8 Å². The van der Waals surface area contributed by atoms with E-state index in [9.17, 15) is 14.7 Å². The molecule has 1 heterocycles. The summed E-state index contributed by atoms with van der Waals surface area (Å²) in [6.45, 7) is 4.63. The SMILES string of the molecule is CCC1C(=O)NCCN1C(=O)c1ccc(C)cc1O. The molecule has 102 valence electrons. The molecule has 1 fully saturated rings. The summed E-state index contributed by atoms with van der Waals surface area (Å²) in [4.78, 5) is 25.7. The van der Waals surface area contributed by atoms with Crippen LogP contribution in [0.1, 0.15) is 29.3 Å². The maximum atomic E-state index is 12.4. The second kappa shape index (κ2) is 5.30. The number of hydrogen-bond acceptors (Lipinski definition) is 3. The molecule has 5 heteroatoms. The Morgan fingerprint density at radius 2 is 2.26 bits per heavy atom. The quantitative estimate of drug-likeness (QED) is 0.837. The number of carbonyl (C=O) groups is 2. The van der Waals surface area contributed by atoms with Crippen molar-refractivity contribution in [2.45, 2.75) is 26.3 Å². The van der Waals surface area contributed by atoms with Gasteiger partial charge in [-0.1, -0.05) is 13.0 Å². The molecule has 0 spiro atoms. The number of hydrogen-bond donors (Lipinski definition) is 2. The Bertz CT molecular complexity index is 513. The molecule has 1 aromatic carbocycles. The topological polar surface area (TPSA) is 69.6 Å². The highest BCUT2D eigenvalue weighted by Gasteiger charge is 2.32. The lowest BCUT2D eigenvalue weighted by Crippen LogP contribution is -2.56. The van der Waals surface area contributed by atoms with Gasteiger partial charge in [0.2, 0.25) is 5.91 Å². The van der Waals surface area contributed by atoms with E-state index in [0.29, 0.717) is 19.5 Å². The minimum Gasteiger partial charge on any atom is -0.507 e. The number of benzene rings is 1. The van der Waals surface area contributed by atoms with Crippen molar-refractivity contribution in [1.29, 1.82) is 0 Å². The second-order valence-corrected chi connectivity index (χ2v) is 4.73. The van der Waals surface area contributed by atoms with Gasteiger partial charge in [-0.25, -0.2) is 0 Å².